The lowest BCUT2D eigenvalue weighted by atomic mass is 9.96. The third-order valence-corrected chi connectivity index (χ3v) is 3.82. The maximum absolute atomic E-state index is 9.61. The molecule has 1 N–H and O–H groups in total. The van der Waals surface area contributed by atoms with E-state index in [9.17, 15) is 5.21 Å². The summed E-state index contributed by atoms with van der Waals surface area (Å²) in [6.45, 7) is 0.850. The summed E-state index contributed by atoms with van der Waals surface area (Å²) < 4.78 is 0. The smallest absolute Gasteiger partial charge is 0.0829 e. The number of fused-ring (bicyclic) bond motifs is 1. The zero-order valence-corrected chi connectivity index (χ0v) is 10.8. The SMILES string of the molecule is CN1CCC(N(C)O)c2ccc(Cl)c(Cl)c21. The topological polar surface area (TPSA) is 26.7 Å². The molecule has 1 aliphatic rings. The Morgan fingerprint density at radius 2 is 2.12 bits per heavy atom. The van der Waals surface area contributed by atoms with Crippen LogP contribution in [-0.4, -0.2) is 30.9 Å². The van der Waals surface area contributed by atoms with Crippen LogP contribution in [0.25, 0.3) is 0 Å². The fraction of sp³-hybridized carbons (Fsp3) is 0.455. The molecule has 1 aromatic rings. The highest BCUT2D eigenvalue weighted by molar-refractivity contribution is 6.43. The molecule has 0 saturated heterocycles. The highest BCUT2D eigenvalue weighted by Gasteiger charge is 2.28. The number of rotatable bonds is 1. The second-order valence-corrected chi connectivity index (χ2v) is 4.88. The molecule has 3 nitrogen and oxygen atoms in total. The van der Waals surface area contributed by atoms with Crippen molar-refractivity contribution in [1.29, 1.82) is 0 Å². The van der Waals surface area contributed by atoms with E-state index < -0.39 is 0 Å². The van der Waals surface area contributed by atoms with Gasteiger partial charge in [-0.15, -0.1) is 0 Å². The van der Waals surface area contributed by atoms with Crippen molar-refractivity contribution in [2.45, 2.75) is 12.5 Å². The molecule has 0 fully saturated rings. The summed E-state index contributed by atoms with van der Waals surface area (Å²) >= 11 is 12.2. The van der Waals surface area contributed by atoms with Crippen molar-refractivity contribution < 1.29 is 5.21 Å². The molecule has 2 rings (SSSR count). The Kier molecular flexibility index (Phi) is 3.31. The largest absolute Gasteiger partial charge is 0.373 e. The van der Waals surface area contributed by atoms with Gasteiger partial charge in [-0.1, -0.05) is 29.3 Å². The minimum atomic E-state index is -0.0130. The standard InChI is InChI=1S/C11H14Cl2N2O/c1-14-6-5-9(15(2)16)7-3-4-8(12)10(13)11(7)14/h3-4,9,16H,5-6H2,1-2H3. The maximum Gasteiger partial charge on any atom is 0.0829 e. The van der Waals surface area contributed by atoms with E-state index in [-0.39, 0.29) is 6.04 Å². The predicted molar refractivity (Wildman–Crippen MR) is 66.6 cm³/mol. The number of benzene rings is 1. The Labute approximate surface area is 105 Å². The third-order valence-electron chi connectivity index (χ3n) is 3.03. The van der Waals surface area contributed by atoms with E-state index in [1.807, 2.05) is 13.1 Å². The van der Waals surface area contributed by atoms with Gasteiger partial charge in [0, 0.05) is 20.6 Å². The van der Waals surface area contributed by atoms with Gasteiger partial charge in [-0.3, -0.25) is 0 Å². The van der Waals surface area contributed by atoms with Gasteiger partial charge in [-0.2, -0.15) is 5.06 Å². The molecule has 1 aromatic carbocycles. The summed E-state index contributed by atoms with van der Waals surface area (Å²) in [5, 5.41) is 12.0. The molecule has 0 radical (unpaired) electrons. The molecule has 16 heavy (non-hydrogen) atoms. The minimum Gasteiger partial charge on any atom is -0.373 e. The highest BCUT2D eigenvalue weighted by atomic mass is 35.5. The molecule has 1 unspecified atom stereocenters. The van der Waals surface area contributed by atoms with Crippen molar-refractivity contribution in [3.8, 4) is 0 Å². The molecule has 1 atom stereocenters. The van der Waals surface area contributed by atoms with Crippen molar-refractivity contribution in [3.05, 3.63) is 27.7 Å². The van der Waals surface area contributed by atoms with Crippen molar-refractivity contribution in [1.82, 2.24) is 5.06 Å². The Hall–Kier alpha value is -0.480. The van der Waals surface area contributed by atoms with Gasteiger partial charge >= 0.3 is 0 Å². The fourth-order valence-corrected chi connectivity index (χ4v) is 2.65. The molecular formula is C11H14Cl2N2O. The quantitative estimate of drug-likeness (QED) is 0.786. The normalized spacial score (nSPS) is 20.1. The molecule has 0 spiro atoms. The Morgan fingerprint density at radius 3 is 2.75 bits per heavy atom. The zero-order chi connectivity index (χ0) is 11.9. The molecule has 0 saturated carbocycles. The van der Waals surface area contributed by atoms with Gasteiger partial charge in [0.05, 0.1) is 21.8 Å². The molecule has 1 heterocycles. The lowest BCUT2D eigenvalue weighted by Crippen LogP contribution is -2.33. The minimum absolute atomic E-state index is 0.0130. The van der Waals surface area contributed by atoms with Crippen LogP contribution in [-0.2, 0) is 0 Å². The predicted octanol–water partition coefficient (Wildman–Crippen LogP) is 3.20. The molecule has 0 aromatic heterocycles. The summed E-state index contributed by atoms with van der Waals surface area (Å²) in [5.41, 5.74) is 1.94. The van der Waals surface area contributed by atoms with Gasteiger partial charge in [0.2, 0.25) is 0 Å². The number of hydrogen-bond acceptors (Lipinski definition) is 3. The monoisotopic (exact) mass is 260 g/mol. The first kappa shape index (κ1) is 12.0. The van der Waals surface area contributed by atoms with Gasteiger partial charge in [0.25, 0.3) is 0 Å². The summed E-state index contributed by atoms with van der Waals surface area (Å²) in [4.78, 5) is 2.07. The van der Waals surface area contributed by atoms with Crippen molar-refractivity contribution in [2.24, 2.45) is 0 Å². The molecule has 0 amide bonds. The number of halogens is 2. The van der Waals surface area contributed by atoms with Crippen LogP contribution >= 0.6 is 23.2 Å². The highest BCUT2D eigenvalue weighted by Crippen LogP contribution is 2.43. The van der Waals surface area contributed by atoms with E-state index in [0.29, 0.717) is 10.0 Å². The van der Waals surface area contributed by atoms with E-state index >= 15 is 0 Å². The molecule has 5 heteroatoms. The second kappa shape index (κ2) is 4.41. The number of nitrogens with zero attached hydrogens (tertiary/aromatic N) is 2. The van der Waals surface area contributed by atoms with Crippen LogP contribution in [0.15, 0.2) is 12.1 Å². The van der Waals surface area contributed by atoms with Crippen molar-refractivity contribution in [2.75, 3.05) is 25.5 Å². The molecule has 1 aliphatic heterocycles. The Morgan fingerprint density at radius 1 is 1.44 bits per heavy atom. The first-order valence-corrected chi connectivity index (χ1v) is 5.88. The maximum atomic E-state index is 9.61. The van der Waals surface area contributed by atoms with Crippen LogP contribution < -0.4 is 4.90 Å². The Bertz CT molecular complexity index is 409. The first-order valence-electron chi connectivity index (χ1n) is 5.13. The average Bonchev–Trinajstić information content (AvgIpc) is 2.23. The number of hydrogen-bond donors (Lipinski definition) is 1. The second-order valence-electron chi connectivity index (χ2n) is 4.10. The van der Waals surface area contributed by atoms with Crippen LogP contribution in [0.3, 0.4) is 0 Å². The van der Waals surface area contributed by atoms with Crippen molar-refractivity contribution in [3.63, 3.8) is 0 Å². The van der Waals surface area contributed by atoms with Crippen molar-refractivity contribution >= 4 is 28.9 Å². The van der Waals surface area contributed by atoms with E-state index in [1.54, 1.807) is 13.1 Å². The fourth-order valence-electron chi connectivity index (χ4n) is 2.18. The van der Waals surface area contributed by atoms with Gasteiger partial charge in [0.15, 0.2) is 0 Å². The molecule has 0 bridgehead atoms. The first-order chi connectivity index (χ1) is 7.52. The summed E-state index contributed by atoms with van der Waals surface area (Å²) in [6, 6.07) is 3.69. The van der Waals surface area contributed by atoms with E-state index in [0.717, 1.165) is 24.2 Å². The zero-order valence-electron chi connectivity index (χ0n) is 9.24. The summed E-state index contributed by atoms with van der Waals surface area (Å²) in [7, 11) is 3.64. The number of anilines is 1. The van der Waals surface area contributed by atoms with E-state index in [4.69, 9.17) is 23.2 Å². The molecule has 0 aliphatic carbocycles. The summed E-state index contributed by atoms with van der Waals surface area (Å²) in [6.07, 6.45) is 0.870. The van der Waals surface area contributed by atoms with Gasteiger partial charge in [-0.25, -0.2) is 0 Å². The third kappa shape index (κ3) is 1.89. The van der Waals surface area contributed by atoms with Gasteiger partial charge < -0.3 is 10.1 Å². The van der Waals surface area contributed by atoms with E-state index in [1.165, 1.54) is 5.06 Å². The average molecular weight is 261 g/mol. The van der Waals surface area contributed by atoms with Crippen LogP contribution in [0, 0.1) is 0 Å². The van der Waals surface area contributed by atoms with Crippen LogP contribution in [0.5, 0.6) is 0 Å². The lowest BCUT2D eigenvalue weighted by Gasteiger charge is -2.36. The van der Waals surface area contributed by atoms with Gasteiger partial charge in [-0.05, 0) is 18.1 Å². The van der Waals surface area contributed by atoms with E-state index in [2.05, 4.69) is 4.90 Å². The molecule has 88 valence electrons. The summed E-state index contributed by atoms with van der Waals surface area (Å²) in [5.74, 6) is 0. The van der Waals surface area contributed by atoms with Crippen LogP contribution in [0.4, 0.5) is 5.69 Å². The van der Waals surface area contributed by atoms with Crippen LogP contribution in [0.2, 0.25) is 10.0 Å². The molecular weight excluding hydrogens is 247 g/mol. The Balaban J connectivity index is 2.56. The lowest BCUT2D eigenvalue weighted by molar-refractivity contribution is -0.106. The number of hydroxylamine groups is 2. The van der Waals surface area contributed by atoms with Gasteiger partial charge in [0.1, 0.15) is 0 Å². The van der Waals surface area contributed by atoms with Crippen LogP contribution in [0.1, 0.15) is 18.0 Å².